The molecule has 0 aliphatic heterocycles. The molecule has 0 radical (unpaired) electrons. The molecular weight excluding hydrogens is 200 g/mol. The molecule has 1 amide bonds. The van der Waals surface area contributed by atoms with Crippen LogP contribution in [0.5, 0.6) is 0 Å². The van der Waals surface area contributed by atoms with E-state index in [0.717, 1.165) is 11.3 Å². The van der Waals surface area contributed by atoms with Crippen LogP contribution in [0.15, 0.2) is 16.3 Å². The van der Waals surface area contributed by atoms with Gasteiger partial charge >= 0.3 is 0 Å². The van der Waals surface area contributed by atoms with Gasteiger partial charge in [0.05, 0.1) is 0 Å². The summed E-state index contributed by atoms with van der Waals surface area (Å²) in [5.41, 5.74) is 4.91. The van der Waals surface area contributed by atoms with Crippen molar-refractivity contribution in [1.82, 2.24) is 0 Å². The van der Waals surface area contributed by atoms with Crippen LogP contribution >= 0.6 is 11.3 Å². The lowest BCUT2D eigenvalue weighted by atomic mass is 10.4. The van der Waals surface area contributed by atoms with Crippen molar-refractivity contribution >= 4 is 27.3 Å². The number of amides is 1. The van der Waals surface area contributed by atoms with E-state index in [1.54, 1.807) is 0 Å². The molecule has 5 nitrogen and oxygen atoms in total. The van der Waals surface area contributed by atoms with Crippen molar-refractivity contribution in [1.29, 1.82) is 0 Å². The van der Waals surface area contributed by atoms with Gasteiger partial charge in [-0.25, -0.2) is 13.6 Å². The summed E-state index contributed by atoms with van der Waals surface area (Å²) in [6, 6.07) is 1.25. The normalized spacial score (nSPS) is 11.4. The van der Waals surface area contributed by atoms with Gasteiger partial charge in [0.1, 0.15) is 9.77 Å². The average Bonchev–Trinajstić information content (AvgIpc) is 2.30. The number of sulfonamides is 1. The quantitative estimate of drug-likeness (QED) is 0.681. The molecular formula is C5H6N2O3S2. The fraction of sp³-hybridized carbons (Fsp3) is 0. The van der Waals surface area contributed by atoms with Gasteiger partial charge in [-0.1, -0.05) is 0 Å². The summed E-state index contributed by atoms with van der Waals surface area (Å²) in [5.74, 6) is -0.783. The predicted octanol–water partition coefficient (Wildman–Crippen LogP) is -0.506. The van der Waals surface area contributed by atoms with E-state index in [9.17, 15) is 13.2 Å². The van der Waals surface area contributed by atoms with Gasteiger partial charge in [-0.15, -0.1) is 11.3 Å². The molecule has 66 valence electrons. The Morgan fingerprint density at radius 1 is 1.50 bits per heavy atom. The summed E-state index contributed by atoms with van der Waals surface area (Å²) < 4.78 is 21.6. The van der Waals surface area contributed by atoms with Gasteiger partial charge in [0.2, 0.25) is 10.0 Å². The monoisotopic (exact) mass is 206 g/mol. The fourth-order valence-corrected chi connectivity index (χ4v) is 2.54. The third-order valence-electron chi connectivity index (χ3n) is 1.16. The summed E-state index contributed by atoms with van der Waals surface area (Å²) in [4.78, 5) is 10.4. The van der Waals surface area contributed by atoms with Crippen LogP contribution < -0.4 is 10.9 Å². The van der Waals surface area contributed by atoms with Gasteiger partial charge < -0.3 is 5.73 Å². The van der Waals surface area contributed by atoms with E-state index in [1.165, 1.54) is 11.4 Å². The van der Waals surface area contributed by atoms with E-state index in [2.05, 4.69) is 0 Å². The number of nitrogens with two attached hydrogens (primary N) is 2. The zero-order valence-corrected chi connectivity index (χ0v) is 7.48. The van der Waals surface area contributed by atoms with Crippen molar-refractivity contribution in [2.75, 3.05) is 0 Å². The Kier molecular flexibility index (Phi) is 2.18. The van der Waals surface area contributed by atoms with E-state index >= 15 is 0 Å². The molecule has 0 saturated heterocycles. The second-order valence-electron chi connectivity index (χ2n) is 2.02. The van der Waals surface area contributed by atoms with Crippen LogP contribution in [0.25, 0.3) is 0 Å². The maximum atomic E-state index is 10.8. The highest BCUT2D eigenvalue weighted by Crippen LogP contribution is 2.19. The Bertz CT molecular complexity index is 406. The lowest BCUT2D eigenvalue weighted by Gasteiger charge is -1.95. The van der Waals surface area contributed by atoms with Gasteiger partial charge in [0, 0.05) is 0 Å². The Hall–Kier alpha value is -0.920. The van der Waals surface area contributed by atoms with Crippen LogP contribution in [0.4, 0.5) is 0 Å². The maximum absolute atomic E-state index is 10.8. The lowest BCUT2D eigenvalue weighted by molar-refractivity contribution is 0.100. The summed E-state index contributed by atoms with van der Waals surface area (Å²) in [6.45, 7) is 0. The van der Waals surface area contributed by atoms with Gasteiger partial charge in [0.25, 0.3) is 5.91 Å². The third kappa shape index (κ3) is 1.63. The van der Waals surface area contributed by atoms with E-state index in [4.69, 9.17) is 10.9 Å². The largest absolute Gasteiger partial charge is 0.365 e. The SMILES string of the molecule is NC(=O)c1sccc1S(N)(=O)=O. The zero-order valence-electron chi connectivity index (χ0n) is 5.85. The standard InChI is InChI=1S/C5H6N2O3S2/c6-5(8)4-3(1-2-11-4)12(7,9)10/h1-2H,(H2,6,8)(H2,7,9,10). The first-order valence-corrected chi connectivity index (χ1v) is 5.25. The molecule has 7 heteroatoms. The Labute approximate surface area is 73.0 Å². The number of carbonyl (C=O) groups is 1. The van der Waals surface area contributed by atoms with Crippen molar-refractivity contribution in [2.45, 2.75) is 4.90 Å². The molecule has 0 atom stereocenters. The number of carbonyl (C=O) groups excluding carboxylic acids is 1. The highest BCUT2D eigenvalue weighted by Gasteiger charge is 2.18. The summed E-state index contributed by atoms with van der Waals surface area (Å²) in [5, 5.41) is 6.26. The minimum absolute atomic E-state index is 0.0301. The molecule has 1 heterocycles. The minimum atomic E-state index is -3.83. The lowest BCUT2D eigenvalue weighted by Crippen LogP contribution is -2.18. The van der Waals surface area contributed by atoms with E-state index in [-0.39, 0.29) is 9.77 Å². The number of thiophene rings is 1. The highest BCUT2D eigenvalue weighted by atomic mass is 32.2. The molecule has 0 fully saturated rings. The van der Waals surface area contributed by atoms with Crippen LogP contribution in [0.1, 0.15) is 9.67 Å². The Balaban J connectivity index is 3.36. The second kappa shape index (κ2) is 2.85. The number of primary amides is 1. The number of hydrogen-bond acceptors (Lipinski definition) is 4. The molecule has 1 aromatic rings. The number of hydrogen-bond donors (Lipinski definition) is 2. The molecule has 0 aliphatic carbocycles. The summed E-state index contributed by atoms with van der Waals surface area (Å²) in [6.07, 6.45) is 0. The summed E-state index contributed by atoms with van der Waals surface area (Å²) >= 11 is 0.951. The summed E-state index contributed by atoms with van der Waals surface area (Å²) in [7, 11) is -3.83. The number of rotatable bonds is 2. The van der Waals surface area contributed by atoms with E-state index in [1.807, 2.05) is 0 Å². The van der Waals surface area contributed by atoms with Crippen LogP contribution in [-0.2, 0) is 10.0 Å². The molecule has 0 aliphatic rings. The van der Waals surface area contributed by atoms with Crippen molar-refractivity contribution in [2.24, 2.45) is 10.9 Å². The Morgan fingerprint density at radius 3 is 2.42 bits per heavy atom. The van der Waals surface area contributed by atoms with Crippen molar-refractivity contribution in [3.8, 4) is 0 Å². The maximum Gasteiger partial charge on any atom is 0.260 e. The van der Waals surface area contributed by atoms with Crippen molar-refractivity contribution in [3.05, 3.63) is 16.3 Å². The van der Waals surface area contributed by atoms with Crippen LogP contribution in [0, 0.1) is 0 Å². The molecule has 1 rings (SSSR count). The molecule has 1 aromatic heterocycles. The van der Waals surface area contributed by atoms with Crippen molar-refractivity contribution < 1.29 is 13.2 Å². The van der Waals surface area contributed by atoms with E-state index < -0.39 is 15.9 Å². The first kappa shape index (κ1) is 9.17. The molecule has 0 saturated carbocycles. The van der Waals surface area contributed by atoms with E-state index in [0.29, 0.717) is 0 Å². The molecule has 0 bridgehead atoms. The average molecular weight is 206 g/mol. The highest BCUT2D eigenvalue weighted by molar-refractivity contribution is 7.89. The molecule has 0 unspecified atom stereocenters. The first-order chi connectivity index (χ1) is 5.43. The zero-order chi connectivity index (χ0) is 9.35. The van der Waals surface area contributed by atoms with Gasteiger partial charge in [-0.3, -0.25) is 4.79 Å². The second-order valence-corrected chi connectivity index (χ2v) is 4.47. The van der Waals surface area contributed by atoms with Crippen LogP contribution in [0.2, 0.25) is 0 Å². The predicted molar refractivity (Wildman–Crippen MR) is 44.2 cm³/mol. The molecule has 4 N–H and O–H groups in total. The van der Waals surface area contributed by atoms with Gasteiger partial charge in [-0.2, -0.15) is 0 Å². The molecule has 12 heavy (non-hydrogen) atoms. The topological polar surface area (TPSA) is 103 Å². The smallest absolute Gasteiger partial charge is 0.260 e. The molecule has 0 spiro atoms. The van der Waals surface area contributed by atoms with Crippen LogP contribution in [0.3, 0.4) is 0 Å². The third-order valence-corrected chi connectivity index (χ3v) is 3.17. The minimum Gasteiger partial charge on any atom is -0.365 e. The Morgan fingerprint density at radius 2 is 2.08 bits per heavy atom. The fourth-order valence-electron chi connectivity index (χ4n) is 0.701. The van der Waals surface area contributed by atoms with Gasteiger partial charge in [-0.05, 0) is 11.4 Å². The molecule has 0 aromatic carbocycles. The van der Waals surface area contributed by atoms with Crippen LogP contribution in [-0.4, -0.2) is 14.3 Å². The number of primary sulfonamides is 1. The first-order valence-electron chi connectivity index (χ1n) is 2.83. The van der Waals surface area contributed by atoms with Crippen molar-refractivity contribution in [3.63, 3.8) is 0 Å². The van der Waals surface area contributed by atoms with Gasteiger partial charge in [0.15, 0.2) is 0 Å².